The zero-order chi connectivity index (χ0) is 23.7. The normalized spacial score (nSPS) is 16.3. The second-order valence-corrected chi connectivity index (χ2v) is 9.57. The number of benzene rings is 1. The molecule has 1 fully saturated rings. The van der Waals surface area contributed by atoms with Crippen LogP contribution in [0.25, 0.3) is 11.3 Å². The Bertz CT molecular complexity index is 1150. The van der Waals surface area contributed by atoms with Crippen molar-refractivity contribution < 1.29 is 9.13 Å². The third-order valence-electron chi connectivity index (χ3n) is 7.05. The Morgan fingerprint density at radius 2 is 1.97 bits per heavy atom. The van der Waals surface area contributed by atoms with Crippen LogP contribution in [0.3, 0.4) is 0 Å². The molecule has 1 aliphatic heterocycles. The molecular formula is C26H33FN6O. The molecule has 5 rings (SSSR count). The van der Waals surface area contributed by atoms with E-state index >= 15 is 0 Å². The molecule has 0 N–H and O–H groups in total. The van der Waals surface area contributed by atoms with Gasteiger partial charge in [-0.15, -0.1) is 0 Å². The van der Waals surface area contributed by atoms with E-state index in [0.29, 0.717) is 5.92 Å². The molecule has 0 amide bonds. The van der Waals surface area contributed by atoms with E-state index in [0.717, 1.165) is 74.8 Å². The van der Waals surface area contributed by atoms with Gasteiger partial charge in [0.1, 0.15) is 18.0 Å². The smallest absolute Gasteiger partial charge is 0.165 e. The van der Waals surface area contributed by atoms with Crippen LogP contribution >= 0.6 is 0 Å². The van der Waals surface area contributed by atoms with Crippen LogP contribution in [0.2, 0.25) is 0 Å². The van der Waals surface area contributed by atoms with E-state index in [1.165, 1.54) is 30.9 Å². The van der Waals surface area contributed by atoms with Crippen LogP contribution in [-0.2, 0) is 19.4 Å². The van der Waals surface area contributed by atoms with Gasteiger partial charge in [-0.3, -0.25) is 0 Å². The van der Waals surface area contributed by atoms with E-state index in [2.05, 4.69) is 44.6 Å². The first-order valence-corrected chi connectivity index (χ1v) is 12.2. The van der Waals surface area contributed by atoms with Gasteiger partial charge < -0.3 is 19.1 Å². The van der Waals surface area contributed by atoms with Crippen LogP contribution in [0, 0.1) is 5.82 Å². The highest BCUT2D eigenvalue weighted by molar-refractivity contribution is 5.61. The van der Waals surface area contributed by atoms with Gasteiger partial charge in [-0.05, 0) is 64.4 Å². The van der Waals surface area contributed by atoms with Gasteiger partial charge in [-0.1, -0.05) is 0 Å². The lowest BCUT2D eigenvalue weighted by atomic mass is 9.95. The predicted molar refractivity (Wildman–Crippen MR) is 131 cm³/mol. The summed E-state index contributed by atoms with van der Waals surface area (Å²) >= 11 is 0. The van der Waals surface area contributed by atoms with E-state index in [1.807, 2.05) is 0 Å². The maximum Gasteiger partial charge on any atom is 0.165 e. The van der Waals surface area contributed by atoms with Crippen molar-refractivity contribution in [2.24, 2.45) is 0 Å². The molecule has 8 heteroatoms. The first kappa shape index (κ1) is 22.8. The number of anilines is 1. The molecule has 0 radical (unpaired) electrons. The number of aromatic nitrogens is 4. The summed E-state index contributed by atoms with van der Waals surface area (Å²) in [5.41, 5.74) is 4.31. The number of halogens is 1. The summed E-state index contributed by atoms with van der Waals surface area (Å²) in [5.74, 6) is 2.52. The Kier molecular flexibility index (Phi) is 6.50. The molecule has 7 nitrogen and oxygen atoms in total. The number of imidazole rings is 1. The lowest BCUT2D eigenvalue weighted by molar-refractivity contribution is 0.372. The Hall–Kier alpha value is -3.00. The van der Waals surface area contributed by atoms with Gasteiger partial charge in [0, 0.05) is 55.1 Å². The van der Waals surface area contributed by atoms with Crippen molar-refractivity contribution in [1.29, 1.82) is 0 Å². The predicted octanol–water partition coefficient (Wildman–Crippen LogP) is 3.92. The topological polar surface area (TPSA) is 59.3 Å². The maximum atomic E-state index is 14.0. The molecule has 0 atom stereocenters. The number of aryl methyl sites for hydroxylation is 1. The molecule has 34 heavy (non-hydrogen) atoms. The molecule has 1 aliphatic carbocycles. The van der Waals surface area contributed by atoms with Gasteiger partial charge in [-0.2, -0.15) is 0 Å². The summed E-state index contributed by atoms with van der Waals surface area (Å²) in [7, 11) is 5.66. The quantitative estimate of drug-likeness (QED) is 0.528. The average Bonchev–Trinajstić information content (AvgIpc) is 3.50. The van der Waals surface area contributed by atoms with E-state index in [1.54, 1.807) is 18.5 Å². The lowest BCUT2D eigenvalue weighted by Gasteiger charge is -2.33. The van der Waals surface area contributed by atoms with Crippen molar-refractivity contribution in [3.8, 4) is 17.0 Å². The van der Waals surface area contributed by atoms with Crippen molar-refractivity contribution in [2.75, 3.05) is 45.7 Å². The minimum absolute atomic E-state index is 0.243. The fourth-order valence-corrected chi connectivity index (χ4v) is 5.17. The standard InChI is InChI=1S/C26H33FN6O/c1-31(2)13-14-33-16-23(19-7-8-21(27)24(15-19)34-3)30-25(33)18-9-11-32(12-10-18)26-20-5-4-6-22(20)28-17-29-26/h7-8,15-18H,4-6,9-14H2,1-3H3. The lowest BCUT2D eigenvalue weighted by Crippen LogP contribution is -2.35. The molecule has 3 heterocycles. The Labute approximate surface area is 200 Å². The number of methoxy groups -OCH3 is 1. The van der Waals surface area contributed by atoms with Crippen molar-refractivity contribution >= 4 is 5.82 Å². The maximum absolute atomic E-state index is 14.0. The van der Waals surface area contributed by atoms with Crippen LogP contribution in [0.5, 0.6) is 5.75 Å². The monoisotopic (exact) mass is 464 g/mol. The largest absolute Gasteiger partial charge is 0.494 e. The van der Waals surface area contributed by atoms with Crippen molar-refractivity contribution in [3.05, 3.63) is 53.6 Å². The highest BCUT2D eigenvalue weighted by atomic mass is 19.1. The summed E-state index contributed by atoms with van der Waals surface area (Å²) in [6, 6.07) is 4.96. The van der Waals surface area contributed by atoms with Crippen LogP contribution in [0.1, 0.15) is 42.3 Å². The fourth-order valence-electron chi connectivity index (χ4n) is 5.17. The molecule has 2 aliphatic rings. The molecule has 2 aromatic heterocycles. The van der Waals surface area contributed by atoms with Gasteiger partial charge in [0.15, 0.2) is 11.6 Å². The van der Waals surface area contributed by atoms with Gasteiger partial charge in [0.05, 0.1) is 12.8 Å². The van der Waals surface area contributed by atoms with Gasteiger partial charge in [0.25, 0.3) is 0 Å². The van der Waals surface area contributed by atoms with Crippen LogP contribution in [-0.4, -0.2) is 65.3 Å². The number of ether oxygens (including phenoxy) is 1. The van der Waals surface area contributed by atoms with Crippen LogP contribution in [0.15, 0.2) is 30.7 Å². The highest BCUT2D eigenvalue weighted by Crippen LogP contribution is 2.35. The zero-order valence-electron chi connectivity index (χ0n) is 20.3. The second-order valence-electron chi connectivity index (χ2n) is 9.57. The Morgan fingerprint density at radius 3 is 2.74 bits per heavy atom. The molecule has 3 aromatic rings. The summed E-state index contributed by atoms with van der Waals surface area (Å²) in [6.07, 6.45) is 9.23. The number of nitrogens with zero attached hydrogens (tertiary/aromatic N) is 6. The molecular weight excluding hydrogens is 431 g/mol. The third kappa shape index (κ3) is 4.51. The van der Waals surface area contributed by atoms with Crippen molar-refractivity contribution in [3.63, 3.8) is 0 Å². The zero-order valence-corrected chi connectivity index (χ0v) is 20.3. The molecule has 180 valence electrons. The summed E-state index contributed by atoms with van der Waals surface area (Å²) in [4.78, 5) is 18.8. The summed E-state index contributed by atoms with van der Waals surface area (Å²) in [6.45, 7) is 3.73. The van der Waals surface area contributed by atoms with Gasteiger partial charge >= 0.3 is 0 Å². The van der Waals surface area contributed by atoms with Crippen LogP contribution in [0.4, 0.5) is 10.2 Å². The molecule has 1 aromatic carbocycles. The molecule has 0 unspecified atom stereocenters. The first-order valence-electron chi connectivity index (χ1n) is 12.2. The fraction of sp³-hybridized carbons (Fsp3) is 0.500. The number of piperidine rings is 1. The molecule has 0 saturated carbocycles. The molecule has 0 spiro atoms. The molecule has 0 bridgehead atoms. The summed E-state index contributed by atoms with van der Waals surface area (Å²) in [5, 5.41) is 0. The SMILES string of the molecule is COc1cc(-c2cn(CCN(C)C)c(C3CCN(c4ncnc5c4CCC5)CC3)n2)ccc1F. The van der Waals surface area contributed by atoms with Crippen molar-refractivity contribution in [1.82, 2.24) is 24.4 Å². The van der Waals surface area contributed by atoms with Gasteiger partial charge in [0.2, 0.25) is 0 Å². The first-order chi connectivity index (χ1) is 16.5. The number of fused-ring (bicyclic) bond motifs is 1. The average molecular weight is 465 g/mol. The Morgan fingerprint density at radius 1 is 1.15 bits per heavy atom. The highest BCUT2D eigenvalue weighted by Gasteiger charge is 2.28. The number of likely N-dealkylation sites (N-methyl/N-ethyl adjacent to an activating group) is 1. The van der Waals surface area contributed by atoms with E-state index in [4.69, 9.17) is 9.72 Å². The number of hydrogen-bond donors (Lipinski definition) is 0. The van der Waals surface area contributed by atoms with E-state index in [-0.39, 0.29) is 11.6 Å². The molecule has 1 saturated heterocycles. The van der Waals surface area contributed by atoms with E-state index in [9.17, 15) is 4.39 Å². The number of hydrogen-bond acceptors (Lipinski definition) is 6. The Balaban J connectivity index is 1.38. The third-order valence-corrected chi connectivity index (χ3v) is 7.05. The van der Waals surface area contributed by atoms with Crippen LogP contribution < -0.4 is 9.64 Å². The minimum Gasteiger partial charge on any atom is -0.494 e. The minimum atomic E-state index is -0.359. The summed E-state index contributed by atoms with van der Waals surface area (Å²) < 4.78 is 21.4. The number of rotatable bonds is 7. The second kappa shape index (κ2) is 9.70. The van der Waals surface area contributed by atoms with E-state index < -0.39 is 0 Å². The van der Waals surface area contributed by atoms with Crippen molar-refractivity contribution in [2.45, 2.75) is 44.6 Å². The van der Waals surface area contributed by atoms with Gasteiger partial charge in [-0.25, -0.2) is 19.3 Å².